The molecule has 0 saturated carbocycles. The fraction of sp³-hybridized carbons (Fsp3) is 0.276. The smallest absolute Gasteiger partial charge is 0.251 e. The third kappa shape index (κ3) is 6.23. The van der Waals surface area contributed by atoms with Crippen molar-refractivity contribution < 1.29 is 14.3 Å². The number of tetrazole rings is 1. The van der Waals surface area contributed by atoms with Gasteiger partial charge in [-0.25, -0.2) is 0 Å². The van der Waals surface area contributed by atoms with Crippen molar-refractivity contribution in [3.05, 3.63) is 89.5 Å². The van der Waals surface area contributed by atoms with Crippen LogP contribution in [0, 0.1) is 13.8 Å². The predicted molar refractivity (Wildman–Crippen MR) is 146 cm³/mol. The molecule has 0 fully saturated rings. The van der Waals surface area contributed by atoms with Gasteiger partial charge in [-0.05, 0) is 54.8 Å². The Labute approximate surface area is 222 Å². The molecule has 1 heterocycles. The number of hydrogen-bond donors (Lipinski definition) is 1. The van der Waals surface area contributed by atoms with Crippen molar-refractivity contribution in [2.24, 2.45) is 0 Å². The summed E-state index contributed by atoms with van der Waals surface area (Å²) in [6, 6.07) is 22.1. The van der Waals surface area contributed by atoms with E-state index in [0.29, 0.717) is 24.5 Å². The highest BCUT2D eigenvalue weighted by molar-refractivity contribution is 6.01. The second-order valence-electron chi connectivity index (χ2n) is 9.05. The van der Waals surface area contributed by atoms with Crippen LogP contribution in [0.1, 0.15) is 30.0 Å². The van der Waals surface area contributed by atoms with Crippen molar-refractivity contribution in [1.29, 1.82) is 0 Å². The summed E-state index contributed by atoms with van der Waals surface area (Å²) < 4.78 is 5.20. The predicted octanol–water partition coefficient (Wildman–Crippen LogP) is 4.09. The van der Waals surface area contributed by atoms with Gasteiger partial charge in [-0.15, -0.1) is 10.2 Å². The minimum Gasteiger partial charge on any atom is -0.497 e. The fourth-order valence-electron chi connectivity index (χ4n) is 4.17. The number of nitrogens with zero attached hydrogens (tertiary/aromatic N) is 5. The Morgan fingerprint density at radius 1 is 1.00 bits per heavy atom. The maximum absolute atomic E-state index is 13.7. The standard InChI is InChI=1S/C29H32N6O3/c1-5-25(29(37)30-18-22-12-16-24(38-4)17-13-22)35(26-9-7-6-8-21(26)3)27(36)19-34-32-28(31-33-34)23-14-10-20(2)11-15-23/h6-17,25H,5,18-19H2,1-4H3,(H,30,37)/t25-/m1/s1. The van der Waals surface area contributed by atoms with Gasteiger partial charge < -0.3 is 10.1 Å². The largest absolute Gasteiger partial charge is 0.497 e. The number of amides is 2. The van der Waals surface area contributed by atoms with E-state index in [1.807, 2.05) is 93.6 Å². The van der Waals surface area contributed by atoms with Gasteiger partial charge in [0, 0.05) is 17.8 Å². The molecule has 0 aliphatic heterocycles. The number of benzene rings is 3. The first-order valence-corrected chi connectivity index (χ1v) is 12.5. The van der Waals surface area contributed by atoms with Crippen LogP contribution in [0.2, 0.25) is 0 Å². The molecule has 0 saturated heterocycles. The van der Waals surface area contributed by atoms with Gasteiger partial charge in [-0.3, -0.25) is 14.5 Å². The summed E-state index contributed by atoms with van der Waals surface area (Å²) in [5.41, 5.74) is 4.42. The molecule has 9 nitrogen and oxygen atoms in total. The maximum atomic E-state index is 13.7. The second-order valence-corrected chi connectivity index (χ2v) is 9.05. The molecule has 3 aromatic carbocycles. The van der Waals surface area contributed by atoms with Crippen molar-refractivity contribution in [1.82, 2.24) is 25.5 Å². The van der Waals surface area contributed by atoms with E-state index in [4.69, 9.17) is 4.74 Å². The first-order valence-electron chi connectivity index (χ1n) is 12.5. The number of rotatable bonds is 10. The summed E-state index contributed by atoms with van der Waals surface area (Å²) in [5, 5.41) is 15.6. The molecule has 0 aliphatic carbocycles. The number of para-hydroxylation sites is 1. The van der Waals surface area contributed by atoms with E-state index in [1.54, 1.807) is 12.0 Å². The number of ether oxygens (including phenoxy) is 1. The zero-order valence-corrected chi connectivity index (χ0v) is 22.1. The number of aryl methyl sites for hydroxylation is 2. The van der Waals surface area contributed by atoms with E-state index < -0.39 is 6.04 Å². The minimum atomic E-state index is -0.720. The van der Waals surface area contributed by atoms with Crippen LogP contribution in [0.5, 0.6) is 5.75 Å². The number of carbonyl (C=O) groups is 2. The lowest BCUT2D eigenvalue weighted by molar-refractivity contribution is -0.127. The second kappa shape index (κ2) is 12.1. The quantitative estimate of drug-likeness (QED) is 0.343. The average molecular weight is 513 g/mol. The number of nitrogens with one attached hydrogen (secondary N) is 1. The molecule has 0 unspecified atom stereocenters. The first kappa shape index (κ1) is 26.5. The molecule has 2 amide bonds. The van der Waals surface area contributed by atoms with Gasteiger partial charge in [-0.1, -0.05) is 67.1 Å². The molecule has 1 aromatic heterocycles. The Hall–Kier alpha value is -4.53. The summed E-state index contributed by atoms with van der Waals surface area (Å²) in [5.74, 6) is 0.630. The normalized spacial score (nSPS) is 11.6. The van der Waals surface area contributed by atoms with Gasteiger partial charge in [0.1, 0.15) is 18.3 Å². The summed E-state index contributed by atoms with van der Waals surface area (Å²) >= 11 is 0. The molecule has 38 heavy (non-hydrogen) atoms. The topological polar surface area (TPSA) is 102 Å². The van der Waals surface area contributed by atoms with Gasteiger partial charge in [0.05, 0.1) is 7.11 Å². The highest BCUT2D eigenvalue weighted by Gasteiger charge is 2.31. The lowest BCUT2D eigenvalue weighted by Gasteiger charge is -2.31. The molecule has 0 radical (unpaired) electrons. The van der Waals surface area contributed by atoms with Crippen LogP contribution in [0.3, 0.4) is 0 Å². The van der Waals surface area contributed by atoms with Crippen molar-refractivity contribution in [2.75, 3.05) is 12.0 Å². The van der Waals surface area contributed by atoms with Crippen LogP contribution in [-0.4, -0.2) is 45.2 Å². The van der Waals surface area contributed by atoms with Gasteiger partial charge in [0.15, 0.2) is 0 Å². The van der Waals surface area contributed by atoms with Crippen LogP contribution in [-0.2, 0) is 22.7 Å². The number of methoxy groups -OCH3 is 1. The zero-order chi connectivity index (χ0) is 27.1. The van der Waals surface area contributed by atoms with Gasteiger partial charge in [0.25, 0.3) is 5.91 Å². The van der Waals surface area contributed by atoms with Gasteiger partial charge in [-0.2, -0.15) is 4.80 Å². The molecule has 4 rings (SSSR count). The molecule has 0 spiro atoms. The maximum Gasteiger partial charge on any atom is 0.251 e. The van der Waals surface area contributed by atoms with Crippen molar-refractivity contribution in [3.8, 4) is 17.1 Å². The van der Waals surface area contributed by atoms with E-state index in [1.165, 1.54) is 4.80 Å². The Kier molecular flexibility index (Phi) is 8.47. The first-order chi connectivity index (χ1) is 18.4. The molecule has 1 N–H and O–H groups in total. The molecule has 4 aromatic rings. The van der Waals surface area contributed by atoms with Crippen LogP contribution < -0.4 is 15.0 Å². The van der Waals surface area contributed by atoms with Crippen molar-refractivity contribution in [2.45, 2.75) is 46.3 Å². The van der Waals surface area contributed by atoms with Gasteiger partial charge in [0.2, 0.25) is 11.7 Å². The average Bonchev–Trinajstić information content (AvgIpc) is 3.39. The van der Waals surface area contributed by atoms with Crippen LogP contribution in [0.25, 0.3) is 11.4 Å². The lowest BCUT2D eigenvalue weighted by Crippen LogP contribution is -2.51. The third-order valence-electron chi connectivity index (χ3n) is 6.31. The van der Waals surface area contributed by atoms with Crippen LogP contribution >= 0.6 is 0 Å². The molecule has 1 atom stereocenters. The molecular weight excluding hydrogens is 480 g/mol. The van der Waals surface area contributed by atoms with Gasteiger partial charge >= 0.3 is 0 Å². The number of aromatic nitrogens is 4. The summed E-state index contributed by atoms with van der Waals surface area (Å²) in [7, 11) is 1.61. The molecule has 0 bridgehead atoms. The number of anilines is 1. The highest BCUT2D eigenvalue weighted by Crippen LogP contribution is 2.24. The van der Waals surface area contributed by atoms with E-state index in [0.717, 1.165) is 28.0 Å². The Morgan fingerprint density at radius 3 is 2.37 bits per heavy atom. The van der Waals surface area contributed by atoms with E-state index in [2.05, 4.69) is 20.7 Å². The fourth-order valence-corrected chi connectivity index (χ4v) is 4.17. The summed E-state index contributed by atoms with van der Waals surface area (Å²) in [6.45, 7) is 5.99. The van der Waals surface area contributed by atoms with Crippen molar-refractivity contribution in [3.63, 3.8) is 0 Å². The molecule has 0 aliphatic rings. The van der Waals surface area contributed by atoms with Crippen LogP contribution in [0.15, 0.2) is 72.8 Å². The number of carbonyl (C=O) groups excluding carboxylic acids is 2. The van der Waals surface area contributed by atoms with Crippen molar-refractivity contribution >= 4 is 17.5 Å². The van der Waals surface area contributed by atoms with E-state index in [9.17, 15) is 9.59 Å². The Bertz CT molecular complexity index is 1380. The Balaban J connectivity index is 1.55. The summed E-state index contributed by atoms with van der Waals surface area (Å²) in [4.78, 5) is 29.9. The third-order valence-corrected chi connectivity index (χ3v) is 6.31. The van der Waals surface area contributed by atoms with E-state index >= 15 is 0 Å². The van der Waals surface area contributed by atoms with Crippen LogP contribution in [0.4, 0.5) is 5.69 Å². The lowest BCUT2D eigenvalue weighted by atomic mass is 10.1. The Morgan fingerprint density at radius 2 is 1.71 bits per heavy atom. The SMILES string of the molecule is CC[C@H](C(=O)NCc1ccc(OC)cc1)N(C(=O)Cn1nnc(-c2ccc(C)cc2)n1)c1ccccc1C. The monoisotopic (exact) mass is 512 g/mol. The highest BCUT2D eigenvalue weighted by atomic mass is 16.5. The number of hydrogen-bond acceptors (Lipinski definition) is 6. The molecular formula is C29H32N6O3. The van der Waals surface area contributed by atoms with E-state index in [-0.39, 0.29) is 18.4 Å². The zero-order valence-electron chi connectivity index (χ0n) is 22.1. The molecule has 196 valence electrons. The summed E-state index contributed by atoms with van der Waals surface area (Å²) in [6.07, 6.45) is 0.425. The molecule has 9 heteroatoms. The minimum absolute atomic E-state index is 0.157.